The second kappa shape index (κ2) is 8.01. The fourth-order valence-electron chi connectivity index (χ4n) is 3.33. The molecule has 0 fully saturated rings. The van der Waals surface area contributed by atoms with Crippen LogP contribution < -0.4 is 0 Å². The van der Waals surface area contributed by atoms with Crippen molar-refractivity contribution in [3.05, 3.63) is 87.9 Å². The molecule has 0 saturated carbocycles. The van der Waals surface area contributed by atoms with Gasteiger partial charge < -0.3 is 4.90 Å². The van der Waals surface area contributed by atoms with Crippen molar-refractivity contribution < 1.29 is 9.59 Å². The molecule has 1 aliphatic heterocycles. The summed E-state index contributed by atoms with van der Waals surface area (Å²) < 4.78 is 0. The number of amides is 2. The van der Waals surface area contributed by atoms with E-state index in [2.05, 4.69) is 4.99 Å². The fraction of sp³-hybridized carbons (Fsp3) is 0.174. The van der Waals surface area contributed by atoms with E-state index in [1.165, 1.54) is 0 Å². The minimum Gasteiger partial charge on any atom is -0.339 e. The molecule has 1 aromatic carbocycles. The lowest BCUT2D eigenvalue weighted by molar-refractivity contribution is -0.128. The van der Waals surface area contributed by atoms with Crippen molar-refractivity contribution in [1.29, 1.82) is 0 Å². The summed E-state index contributed by atoms with van der Waals surface area (Å²) in [5.41, 5.74) is 2.08. The van der Waals surface area contributed by atoms with Crippen LogP contribution in [-0.4, -0.2) is 40.5 Å². The molecule has 0 spiro atoms. The lowest BCUT2D eigenvalue weighted by Crippen LogP contribution is -2.37. The first-order valence-electron chi connectivity index (χ1n) is 9.40. The lowest BCUT2D eigenvalue weighted by Gasteiger charge is -2.28. The molecule has 5 nitrogen and oxygen atoms in total. The second-order valence-corrected chi connectivity index (χ2v) is 7.89. The van der Waals surface area contributed by atoms with Crippen LogP contribution in [0.25, 0.3) is 6.08 Å². The molecule has 2 aliphatic rings. The number of aliphatic imine (C=N–C) groups is 1. The quantitative estimate of drug-likeness (QED) is 0.723. The molecule has 146 valence electrons. The van der Waals surface area contributed by atoms with E-state index in [9.17, 15) is 9.59 Å². The van der Waals surface area contributed by atoms with Gasteiger partial charge in [0.25, 0.3) is 5.91 Å². The summed E-state index contributed by atoms with van der Waals surface area (Å²) in [6, 6.07) is 13.6. The third-order valence-electron chi connectivity index (χ3n) is 5.02. The van der Waals surface area contributed by atoms with Gasteiger partial charge in [0.05, 0.1) is 6.04 Å². The molecular weight excluding hydrogens is 382 g/mol. The Balaban J connectivity index is 1.68. The largest absolute Gasteiger partial charge is 0.339 e. The van der Waals surface area contributed by atoms with E-state index in [1.807, 2.05) is 72.1 Å². The summed E-state index contributed by atoms with van der Waals surface area (Å²) in [6.45, 7) is 1.55. The van der Waals surface area contributed by atoms with Gasteiger partial charge in [0.1, 0.15) is 11.5 Å². The van der Waals surface area contributed by atoms with Gasteiger partial charge in [-0.05, 0) is 30.0 Å². The number of likely N-dealkylation sites (N-methyl/N-ethyl adjacent to an activating group) is 1. The average Bonchev–Trinajstić information content (AvgIpc) is 3.37. The van der Waals surface area contributed by atoms with Crippen LogP contribution >= 0.6 is 11.3 Å². The molecule has 2 heterocycles. The van der Waals surface area contributed by atoms with E-state index in [-0.39, 0.29) is 17.9 Å². The Morgan fingerprint density at radius 2 is 2.03 bits per heavy atom. The molecule has 29 heavy (non-hydrogen) atoms. The Bertz CT molecular complexity index is 1050. The second-order valence-electron chi connectivity index (χ2n) is 6.91. The van der Waals surface area contributed by atoms with Crippen LogP contribution in [0.15, 0.2) is 82.5 Å². The van der Waals surface area contributed by atoms with Gasteiger partial charge in [-0.1, -0.05) is 48.6 Å². The minimum absolute atomic E-state index is 0.00722. The highest BCUT2D eigenvalue weighted by atomic mass is 32.1. The number of carbonyl (C=O) groups is 2. The number of hydrogen-bond acceptors (Lipinski definition) is 4. The maximum atomic E-state index is 13.2. The normalized spacial score (nSPS) is 20.1. The van der Waals surface area contributed by atoms with Crippen molar-refractivity contribution in [2.45, 2.75) is 19.4 Å². The molecule has 1 unspecified atom stereocenters. The van der Waals surface area contributed by atoms with E-state index < -0.39 is 0 Å². The topological polar surface area (TPSA) is 53.0 Å². The minimum atomic E-state index is -0.147. The summed E-state index contributed by atoms with van der Waals surface area (Å²) in [5, 5.41) is 1.98. The number of rotatable bonds is 4. The molecule has 1 aromatic heterocycles. The molecule has 0 bridgehead atoms. The first-order chi connectivity index (χ1) is 14.0. The Morgan fingerprint density at radius 1 is 1.24 bits per heavy atom. The third-order valence-corrected chi connectivity index (χ3v) is 5.84. The summed E-state index contributed by atoms with van der Waals surface area (Å²) in [4.78, 5) is 33.9. The third kappa shape index (κ3) is 3.84. The van der Waals surface area contributed by atoms with Crippen LogP contribution in [0.5, 0.6) is 0 Å². The Hall–Kier alpha value is -3.25. The molecule has 0 saturated heterocycles. The van der Waals surface area contributed by atoms with Crippen molar-refractivity contribution in [1.82, 2.24) is 9.80 Å². The van der Waals surface area contributed by atoms with Crippen LogP contribution in [-0.2, 0) is 9.59 Å². The predicted molar refractivity (Wildman–Crippen MR) is 116 cm³/mol. The van der Waals surface area contributed by atoms with Crippen LogP contribution in [0.3, 0.4) is 0 Å². The van der Waals surface area contributed by atoms with Gasteiger partial charge in [-0.15, -0.1) is 11.3 Å². The summed E-state index contributed by atoms with van der Waals surface area (Å²) >= 11 is 1.57. The van der Waals surface area contributed by atoms with Gasteiger partial charge in [0.2, 0.25) is 5.91 Å². The molecule has 1 atom stereocenters. The zero-order valence-corrected chi connectivity index (χ0v) is 17.1. The van der Waals surface area contributed by atoms with Gasteiger partial charge in [0, 0.05) is 30.1 Å². The highest BCUT2D eigenvalue weighted by molar-refractivity contribution is 7.10. The Kier molecular flexibility index (Phi) is 5.27. The number of allylic oxidation sites excluding steroid dienone is 1. The number of carbonyl (C=O) groups excluding carboxylic acids is 2. The van der Waals surface area contributed by atoms with Gasteiger partial charge >= 0.3 is 0 Å². The maximum Gasteiger partial charge on any atom is 0.282 e. The Labute approximate surface area is 174 Å². The first kappa shape index (κ1) is 19.1. The standard InChI is InChI=1S/C23H21N3O2S/c1-16(27)25(2)18-10-12-19(13-11-18)26-22(17-7-4-3-5-8-17)24-21(23(26)28)15-20-9-6-14-29-20/h3-10,12-15,18H,11H2,1-2H3/b21-15+. The molecule has 6 heteroatoms. The number of amidine groups is 1. The van der Waals surface area contributed by atoms with E-state index in [0.29, 0.717) is 18.0 Å². The van der Waals surface area contributed by atoms with E-state index in [0.717, 1.165) is 16.1 Å². The zero-order valence-electron chi connectivity index (χ0n) is 16.3. The van der Waals surface area contributed by atoms with Crippen LogP contribution in [0, 0.1) is 0 Å². The Morgan fingerprint density at radius 3 is 2.66 bits per heavy atom. The van der Waals surface area contributed by atoms with Crippen molar-refractivity contribution in [3.8, 4) is 0 Å². The molecule has 2 aromatic rings. The summed E-state index contributed by atoms with van der Waals surface area (Å²) in [7, 11) is 1.79. The van der Waals surface area contributed by atoms with Gasteiger partial charge in [-0.3, -0.25) is 14.5 Å². The van der Waals surface area contributed by atoms with Crippen molar-refractivity contribution >= 4 is 35.1 Å². The molecule has 0 radical (unpaired) electrons. The molecule has 1 aliphatic carbocycles. The molecule has 4 rings (SSSR count). The summed E-state index contributed by atoms with van der Waals surface area (Å²) in [5.74, 6) is 0.487. The highest BCUT2D eigenvalue weighted by Crippen LogP contribution is 2.29. The van der Waals surface area contributed by atoms with Crippen LogP contribution in [0.4, 0.5) is 0 Å². The lowest BCUT2D eigenvalue weighted by atomic mass is 10.0. The SMILES string of the molecule is CC(=O)N(C)C1C=CC(N2C(=O)/C(=C\c3cccs3)N=C2c2ccccc2)=CC1. The number of nitrogens with zero attached hydrogens (tertiary/aromatic N) is 3. The van der Waals surface area contributed by atoms with Crippen LogP contribution in [0.2, 0.25) is 0 Å². The summed E-state index contributed by atoms with van der Waals surface area (Å²) in [6.07, 6.45) is 8.34. The fourth-order valence-corrected chi connectivity index (χ4v) is 3.98. The van der Waals surface area contributed by atoms with Gasteiger partial charge in [0.15, 0.2) is 0 Å². The van der Waals surface area contributed by atoms with E-state index in [1.54, 1.807) is 35.1 Å². The van der Waals surface area contributed by atoms with Crippen molar-refractivity contribution in [2.24, 2.45) is 4.99 Å². The molecular formula is C23H21N3O2S. The number of thiophene rings is 1. The van der Waals surface area contributed by atoms with Crippen LogP contribution in [0.1, 0.15) is 23.8 Å². The maximum absolute atomic E-state index is 13.2. The molecule has 0 N–H and O–H groups in total. The zero-order chi connectivity index (χ0) is 20.4. The number of hydrogen-bond donors (Lipinski definition) is 0. The predicted octanol–water partition coefficient (Wildman–Crippen LogP) is 4.07. The van der Waals surface area contributed by atoms with Crippen molar-refractivity contribution in [2.75, 3.05) is 7.05 Å². The average molecular weight is 404 g/mol. The molecule has 2 amide bonds. The smallest absolute Gasteiger partial charge is 0.282 e. The monoisotopic (exact) mass is 403 g/mol. The van der Waals surface area contributed by atoms with E-state index in [4.69, 9.17) is 0 Å². The van der Waals surface area contributed by atoms with Crippen molar-refractivity contribution in [3.63, 3.8) is 0 Å². The highest BCUT2D eigenvalue weighted by Gasteiger charge is 2.34. The number of benzene rings is 1. The van der Waals surface area contributed by atoms with Gasteiger partial charge in [-0.25, -0.2) is 4.99 Å². The van der Waals surface area contributed by atoms with E-state index >= 15 is 0 Å². The first-order valence-corrected chi connectivity index (χ1v) is 10.3. The van der Waals surface area contributed by atoms with Gasteiger partial charge in [-0.2, -0.15) is 0 Å².